The van der Waals surface area contributed by atoms with Gasteiger partial charge >= 0.3 is 0 Å². The summed E-state index contributed by atoms with van der Waals surface area (Å²) in [7, 11) is 3.80. The third-order valence-electron chi connectivity index (χ3n) is 2.63. The van der Waals surface area contributed by atoms with Crippen molar-refractivity contribution in [2.45, 2.75) is 20.0 Å². The van der Waals surface area contributed by atoms with Crippen molar-refractivity contribution in [3.05, 3.63) is 34.4 Å². The topological polar surface area (TPSA) is 47.7 Å². The van der Waals surface area contributed by atoms with E-state index in [1.807, 2.05) is 38.0 Å². The Morgan fingerprint density at radius 2 is 2.18 bits per heavy atom. The van der Waals surface area contributed by atoms with Crippen LogP contribution in [0.1, 0.15) is 17.1 Å². The Labute approximate surface area is 105 Å². The van der Waals surface area contributed by atoms with Gasteiger partial charge in [0.15, 0.2) is 0 Å². The molecule has 0 radical (unpaired) electrons. The molecule has 0 saturated carbocycles. The van der Waals surface area contributed by atoms with Gasteiger partial charge in [-0.05, 0) is 20.0 Å². The first kappa shape index (κ1) is 12.1. The zero-order chi connectivity index (χ0) is 12.4. The SMILES string of the molecule is CNCc1ccn(Cc2c(Cl)c(C)nn2C)n1. The highest BCUT2D eigenvalue weighted by atomic mass is 35.5. The van der Waals surface area contributed by atoms with E-state index in [9.17, 15) is 0 Å². The van der Waals surface area contributed by atoms with Gasteiger partial charge in [-0.3, -0.25) is 9.36 Å². The molecule has 0 aliphatic heterocycles. The van der Waals surface area contributed by atoms with Crippen molar-refractivity contribution in [2.24, 2.45) is 7.05 Å². The lowest BCUT2D eigenvalue weighted by atomic mass is 10.3. The molecule has 5 nitrogen and oxygen atoms in total. The van der Waals surface area contributed by atoms with Gasteiger partial charge in [-0.1, -0.05) is 11.6 Å². The molecule has 2 aromatic heterocycles. The highest BCUT2D eigenvalue weighted by molar-refractivity contribution is 6.31. The number of rotatable bonds is 4. The standard InChI is InChI=1S/C11H16ClN5/c1-8-11(12)10(16(3)14-8)7-17-5-4-9(15-17)6-13-2/h4-5,13H,6-7H2,1-3H3. The lowest BCUT2D eigenvalue weighted by Gasteiger charge is -2.03. The molecule has 0 unspecified atom stereocenters. The highest BCUT2D eigenvalue weighted by Gasteiger charge is 2.11. The average molecular weight is 254 g/mol. The molecule has 1 N–H and O–H groups in total. The third kappa shape index (κ3) is 2.50. The molecule has 0 spiro atoms. The van der Waals surface area contributed by atoms with Crippen LogP contribution in [0.5, 0.6) is 0 Å². The molecule has 17 heavy (non-hydrogen) atoms. The molecule has 0 aromatic carbocycles. The van der Waals surface area contributed by atoms with Crippen LogP contribution in [0.2, 0.25) is 5.02 Å². The molecule has 0 atom stereocenters. The second-order valence-electron chi connectivity index (χ2n) is 4.00. The number of nitrogens with zero attached hydrogens (tertiary/aromatic N) is 4. The fourth-order valence-electron chi connectivity index (χ4n) is 1.77. The lowest BCUT2D eigenvalue weighted by molar-refractivity contribution is 0.607. The maximum Gasteiger partial charge on any atom is 0.0866 e. The minimum Gasteiger partial charge on any atom is -0.314 e. The van der Waals surface area contributed by atoms with Crippen LogP contribution in [0.3, 0.4) is 0 Å². The Hall–Kier alpha value is -1.33. The maximum atomic E-state index is 6.20. The van der Waals surface area contributed by atoms with E-state index in [1.165, 1.54) is 0 Å². The van der Waals surface area contributed by atoms with Gasteiger partial charge in [0.2, 0.25) is 0 Å². The maximum absolute atomic E-state index is 6.20. The molecule has 0 aliphatic carbocycles. The molecule has 0 fully saturated rings. The second kappa shape index (κ2) is 4.89. The minimum absolute atomic E-state index is 0.639. The Bertz CT molecular complexity index is 514. The van der Waals surface area contributed by atoms with Gasteiger partial charge in [-0.25, -0.2) is 0 Å². The van der Waals surface area contributed by atoms with Gasteiger partial charge in [-0.15, -0.1) is 0 Å². The molecule has 2 heterocycles. The number of hydrogen-bond donors (Lipinski definition) is 1. The molecule has 0 bridgehead atoms. The Balaban J connectivity index is 2.19. The number of aromatic nitrogens is 4. The van der Waals surface area contributed by atoms with E-state index in [-0.39, 0.29) is 0 Å². The van der Waals surface area contributed by atoms with E-state index in [0.717, 1.165) is 28.6 Å². The van der Waals surface area contributed by atoms with Crippen molar-refractivity contribution in [3.63, 3.8) is 0 Å². The smallest absolute Gasteiger partial charge is 0.0866 e. The van der Waals surface area contributed by atoms with Gasteiger partial charge in [0, 0.05) is 19.8 Å². The van der Waals surface area contributed by atoms with E-state index in [1.54, 1.807) is 4.68 Å². The molecule has 2 aromatic rings. The zero-order valence-corrected chi connectivity index (χ0v) is 11.0. The van der Waals surface area contributed by atoms with E-state index in [0.29, 0.717) is 6.54 Å². The fourth-order valence-corrected chi connectivity index (χ4v) is 1.99. The summed E-state index contributed by atoms with van der Waals surface area (Å²) in [6.45, 7) is 3.31. The molecular formula is C11H16ClN5. The normalized spacial score (nSPS) is 11.1. The quantitative estimate of drug-likeness (QED) is 0.895. The predicted octanol–water partition coefficient (Wildman–Crippen LogP) is 1.35. The van der Waals surface area contributed by atoms with Crippen LogP contribution >= 0.6 is 11.6 Å². The summed E-state index contributed by atoms with van der Waals surface area (Å²) >= 11 is 6.20. The van der Waals surface area contributed by atoms with Crippen molar-refractivity contribution in [3.8, 4) is 0 Å². The summed E-state index contributed by atoms with van der Waals surface area (Å²) in [5.41, 5.74) is 2.84. The van der Waals surface area contributed by atoms with Gasteiger partial charge < -0.3 is 5.32 Å². The van der Waals surface area contributed by atoms with E-state index in [4.69, 9.17) is 11.6 Å². The van der Waals surface area contributed by atoms with Crippen molar-refractivity contribution in [1.82, 2.24) is 24.9 Å². The van der Waals surface area contributed by atoms with Crippen molar-refractivity contribution >= 4 is 11.6 Å². The van der Waals surface area contributed by atoms with Crippen molar-refractivity contribution in [1.29, 1.82) is 0 Å². The first-order valence-corrected chi connectivity index (χ1v) is 5.84. The summed E-state index contributed by atoms with van der Waals surface area (Å²) in [4.78, 5) is 0. The zero-order valence-electron chi connectivity index (χ0n) is 10.2. The highest BCUT2D eigenvalue weighted by Crippen LogP contribution is 2.20. The lowest BCUT2D eigenvalue weighted by Crippen LogP contribution is -2.09. The van der Waals surface area contributed by atoms with Crippen LogP contribution in [-0.2, 0) is 20.1 Å². The van der Waals surface area contributed by atoms with Crippen LogP contribution in [0.4, 0.5) is 0 Å². The van der Waals surface area contributed by atoms with Gasteiger partial charge in [0.05, 0.1) is 28.6 Å². The van der Waals surface area contributed by atoms with Gasteiger partial charge in [-0.2, -0.15) is 10.2 Å². The Kier molecular flexibility index (Phi) is 3.49. The Morgan fingerprint density at radius 1 is 1.41 bits per heavy atom. The minimum atomic E-state index is 0.639. The summed E-state index contributed by atoms with van der Waals surface area (Å²) in [5, 5.41) is 12.5. The number of nitrogens with one attached hydrogen (secondary N) is 1. The first-order valence-electron chi connectivity index (χ1n) is 5.46. The third-order valence-corrected chi connectivity index (χ3v) is 3.12. The predicted molar refractivity (Wildman–Crippen MR) is 67.0 cm³/mol. The average Bonchev–Trinajstić information content (AvgIpc) is 2.81. The molecule has 0 aliphatic rings. The van der Waals surface area contributed by atoms with E-state index >= 15 is 0 Å². The second-order valence-corrected chi connectivity index (χ2v) is 4.38. The molecule has 92 valence electrons. The molecule has 6 heteroatoms. The molecule has 2 rings (SSSR count). The van der Waals surface area contributed by atoms with Crippen LogP contribution < -0.4 is 5.32 Å². The molecule has 0 amide bonds. The summed E-state index contributed by atoms with van der Waals surface area (Å²) in [6, 6.07) is 1.99. The largest absolute Gasteiger partial charge is 0.314 e. The van der Waals surface area contributed by atoms with E-state index in [2.05, 4.69) is 15.5 Å². The van der Waals surface area contributed by atoms with Crippen LogP contribution in [0.15, 0.2) is 12.3 Å². The Morgan fingerprint density at radius 3 is 2.76 bits per heavy atom. The number of halogens is 1. The van der Waals surface area contributed by atoms with Crippen molar-refractivity contribution in [2.75, 3.05) is 7.05 Å². The van der Waals surface area contributed by atoms with Gasteiger partial charge in [0.1, 0.15) is 0 Å². The van der Waals surface area contributed by atoms with Crippen molar-refractivity contribution < 1.29 is 0 Å². The van der Waals surface area contributed by atoms with Crippen LogP contribution in [-0.4, -0.2) is 26.6 Å². The van der Waals surface area contributed by atoms with E-state index < -0.39 is 0 Å². The fraction of sp³-hybridized carbons (Fsp3) is 0.455. The molecule has 0 saturated heterocycles. The summed E-state index contributed by atoms with van der Waals surface area (Å²) < 4.78 is 3.67. The van der Waals surface area contributed by atoms with Crippen LogP contribution in [0, 0.1) is 6.92 Å². The summed E-state index contributed by atoms with van der Waals surface area (Å²) in [6.07, 6.45) is 1.95. The number of aryl methyl sites for hydroxylation is 2. The first-order chi connectivity index (χ1) is 8.11. The monoisotopic (exact) mass is 253 g/mol. The summed E-state index contributed by atoms with van der Waals surface area (Å²) in [5.74, 6) is 0. The van der Waals surface area contributed by atoms with Crippen LogP contribution in [0.25, 0.3) is 0 Å². The number of hydrogen-bond acceptors (Lipinski definition) is 3. The molecular weight excluding hydrogens is 238 g/mol. The van der Waals surface area contributed by atoms with Gasteiger partial charge in [0.25, 0.3) is 0 Å².